The number of hydrogen-bond acceptors (Lipinski definition) is 2. The summed E-state index contributed by atoms with van der Waals surface area (Å²) in [6.07, 6.45) is 0. The van der Waals surface area contributed by atoms with Crippen molar-refractivity contribution in [3.8, 4) is 5.75 Å². The lowest BCUT2D eigenvalue weighted by atomic mass is 10.2. The van der Waals surface area contributed by atoms with E-state index in [-0.39, 0.29) is 0 Å². The fraction of sp³-hybridized carbons (Fsp3) is 0.143. The van der Waals surface area contributed by atoms with E-state index in [9.17, 15) is 0 Å². The van der Waals surface area contributed by atoms with E-state index in [1.807, 2.05) is 42.5 Å². The Morgan fingerprint density at radius 2 is 1.67 bits per heavy atom. The minimum absolute atomic E-state index is 0.493. The van der Waals surface area contributed by atoms with Gasteiger partial charge in [-0.25, -0.2) is 0 Å². The van der Waals surface area contributed by atoms with Gasteiger partial charge >= 0.3 is 0 Å². The van der Waals surface area contributed by atoms with Crippen LogP contribution >= 0.6 is 31.9 Å². The summed E-state index contributed by atoms with van der Waals surface area (Å²) >= 11 is 6.96. The van der Waals surface area contributed by atoms with Crippen molar-refractivity contribution in [3.05, 3.63) is 62.5 Å². The fourth-order valence-corrected chi connectivity index (χ4v) is 2.38. The zero-order valence-electron chi connectivity index (χ0n) is 9.70. The average molecular weight is 371 g/mol. The van der Waals surface area contributed by atoms with E-state index in [0.29, 0.717) is 13.2 Å². The van der Waals surface area contributed by atoms with E-state index < -0.39 is 0 Å². The molecule has 0 aliphatic carbocycles. The van der Waals surface area contributed by atoms with Crippen LogP contribution in [0.1, 0.15) is 11.1 Å². The molecule has 0 aliphatic rings. The molecule has 0 atom stereocenters. The quantitative estimate of drug-likeness (QED) is 0.873. The van der Waals surface area contributed by atoms with Crippen LogP contribution in [0, 0.1) is 0 Å². The van der Waals surface area contributed by atoms with E-state index in [0.717, 1.165) is 25.8 Å². The highest BCUT2D eigenvalue weighted by Gasteiger charge is 2.03. The minimum Gasteiger partial charge on any atom is -0.489 e. The standard InChI is InChI=1S/C14H13Br2NO/c15-13-4-2-1-3-10(13)9-18-12-5-6-14(16)11(7-12)8-17/h1-7H,8-9,17H2. The van der Waals surface area contributed by atoms with Gasteiger partial charge in [-0.1, -0.05) is 50.1 Å². The highest BCUT2D eigenvalue weighted by atomic mass is 79.9. The minimum atomic E-state index is 0.493. The lowest BCUT2D eigenvalue weighted by Gasteiger charge is -2.10. The van der Waals surface area contributed by atoms with E-state index in [1.165, 1.54) is 0 Å². The van der Waals surface area contributed by atoms with Gasteiger partial charge < -0.3 is 10.5 Å². The van der Waals surface area contributed by atoms with Crippen LogP contribution in [0.25, 0.3) is 0 Å². The maximum Gasteiger partial charge on any atom is 0.120 e. The molecule has 2 rings (SSSR count). The number of benzene rings is 2. The van der Waals surface area contributed by atoms with Gasteiger partial charge in [0.05, 0.1) is 0 Å². The third-order valence-electron chi connectivity index (χ3n) is 2.59. The highest BCUT2D eigenvalue weighted by Crippen LogP contribution is 2.24. The van der Waals surface area contributed by atoms with E-state index >= 15 is 0 Å². The zero-order chi connectivity index (χ0) is 13.0. The Kier molecular flexibility index (Phi) is 4.80. The van der Waals surface area contributed by atoms with Gasteiger partial charge in [0.1, 0.15) is 12.4 Å². The number of ether oxygens (including phenoxy) is 1. The molecule has 0 amide bonds. The Labute approximate surface area is 123 Å². The van der Waals surface area contributed by atoms with Crippen LogP contribution in [0.15, 0.2) is 51.4 Å². The van der Waals surface area contributed by atoms with Crippen molar-refractivity contribution in [2.45, 2.75) is 13.2 Å². The monoisotopic (exact) mass is 369 g/mol. The van der Waals surface area contributed by atoms with Crippen LogP contribution in [0.5, 0.6) is 5.75 Å². The first kappa shape index (κ1) is 13.6. The molecule has 0 spiro atoms. The van der Waals surface area contributed by atoms with Crippen molar-refractivity contribution in [1.82, 2.24) is 0 Å². The molecule has 0 bridgehead atoms. The molecule has 0 unspecified atom stereocenters. The van der Waals surface area contributed by atoms with Gasteiger partial charge in [0.25, 0.3) is 0 Å². The van der Waals surface area contributed by atoms with Crippen LogP contribution in [-0.4, -0.2) is 0 Å². The number of rotatable bonds is 4. The van der Waals surface area contributed by atoms with Gasteiger partial charge in [-0.05, 0) is 29.8 Å². The summed E-state index contributed by atoms with van der Waals surface area (Å²) in [5.41, 5.74) is 7.82. The van der Waals surface area contributed by atoms with Crippen LogP contribution in [-0.2, 0) is 13.2 Å². The maximum absolute atomic E-state index is 5.76. The predicted molar refractivity (Wildman–Crippen MR) is 80.5 cm³/mol. The molecule has 0 heterocycles. The van der Waals surface area contributed by atoms with Gasteiger partial charge in [-0.2, -0.15) is 0 Å². The molecule has 2 N–H and O–H groups in total. The first-order valence-corrected chi connectivity index (χ1v) is 7.14. The molecule has 0 aromatic heterocycles. The van der Waals surface area contributed by atoms with E-state index in [2.05, 4.69) is 31.9 Å². The molecule has 0 saturated heterocycles. The summed E-state index contributed by atoms with van der Waals surface area (Å²) < 4.78 is 7.83. The molecule has 94 valence electrons. The van der Waals surface area contributed by atoms with Gasteiger partial charge in [-0.3, -0.25) is 0 Å². The molecule has 0 saturated carbocycles. The third-order valence-corrected chi connectivity index (χ3v) is 4.14. The van der Waals surface area contributed by atoms with E-state index in [4.69, 9.17) is 10.5 Å². The van der Waals surface area contributed by atoms with Crippen molar-refractivity contribution < 1.29 is 4.74 Å². The first-order valence-electron chi connectivity index (χ1n) is 5.55. The SMILES string of the molecule is NCc1cc(OCc2ccccc2Br)ccc1Br. The highest BCUT2D eigenvalue weighted by molar-refractivity contribution is 9.10. The van der Waals surface area contributed by atoms with Gasteiger partial charge in [0.2, 0.25) is 0 Å². The number of halogens is 2. The maximum atomic E-state index is 5.76. The summed E-state index contributed by atoms with van der Waals surface area (Å²) in [5.74, 6) is 0.828. The molecule has 0 aliphatic heterocycles. The average Bonchev–Trinajstić information content (AvgIpc) is 2.39. The largest absolute Gasteiger partial charge is 0.489 e. The fourth-order valence-electron chi connectivity index (χ4n) is 1.57. The Balaban J connectivity index is 2.09. The second-order valence-electron chi connectivity index (χ2n) is 3.84. The molecule has 2 aromatic carbocycles. The molecule has 18 heavy (non-hydrogen) atoms. The first-order chi connectivity index (χ1) is 8.70. The van der Waals surface area contributed by atoms with Crippen LogP contribution in [0.3, 0.4) is 0 Å². The Hall–Kier alpha value is -0.840. The van der Waals surface area contributed by atoms with E-state index in [1.54, 1.807) is 0 Å². The molecule has 0 radical (unpaired) electrons. The van der Waals surface area contributed by atoms with Crippen LogP contribution in [0.4, 0.5) is 0 Å². The Morgan fingerprint density at radius 1 is 0.944 bits per heavy atom. The molecular weight excluding hydrogens is 358 g/mol. The normalized spacial score (nSPS) is 10.4. The van der Waals surface area contributed by atoms with Gasteiger partial charge in [0.15, 0.2) is 0 Å². The zero-order valence-corrected chi connectivity index (χ0v) is 12.9. The number of hydrogen-bond donors (Lipinski definition) is 1. The lowest BCUT2D eigenvalue weighted by Crippen LogP contribution is -2.00. The molecule has 4 heteroatoms. The molecule has 2 nitrogen and oxygen atoms in total. The van der Waals surface area contributed by atoms with Crippen molar-refractivity contribution in [3.63, 3.8) is 0 Å². The molecule has 2 aromatic rings. The second kappa shape index (κ2) is 6.36. The summed E-state index contributed by atoms with van der Waals surface area (Å²) in [6, 6.07) is 13.9. The smallest absolute Gasteiger partial charge is 0.120 e. The van der Waals surface area contributed by atoms with Crippen molar-refractivity contribution in [2.75, 3.05) is 0 Å². The topological polar surface area (TPSA) is 35.2 Å². The number of nitrogens with two attached hydrogens (primary N) is 1. The summed E-state index contributed by atoms with van der Waals surface area (Å²) in [5, 5.41) is 0. The van der Waals surface area contributed by atoms with Crippen molar-refractivity contribution in [2.24, 2.45) is 5.73 Å². The lowest BCUT2D eigenvalue weighted by molar-refractivity contribution is 0.305. The van der Waals surface area contributed by atoms with Crippen LogP contribution < -0.4 is 10.5 Å². The summed E-state index contributed by atoms with van der Waals surface area (Å²) in [4.78, 5) is 0. The molecular formula is C14H13Br2NO. The Morgan fingerprint density at radius 3 is 2.39 bits per heavy atom. The van der Waals surface area contributed by atoms with Gasteiger partial charge in [-0.15, -0.1) is 0 Å². The summed E-state index contributed by atoms with van der Waals surface area (Å²) in [6.45, 7) is 1.03. The third kappa shape index (κ3) is 3.34. The van der Waals surface area contributed by atoms with Crippen molar-refractivity contribution >= 4 is 31.9 Å². The Bertz CT molecular complexity index is 543. The second-order valence-corrected chi connectivity index (χ2v) is 5.55. The summed E-state index contributed by atoms with van der Waals surface area (Å²) in [7, 11) is 0. The van der Waals surface area contributed by atoms with Crippen LogP contribution in [0.2, 0.25) is 0 Å². The predicted octanol–water partition coefficient (Wildman–Crippen LogP) is 4.25. The van der Waals surface area contributed by atoms with Crippen molar-refractivity contribution in [1.29, 1.82) is 0 Å². The molecule has 0 fully saturated rings. The van der Waals surface area contributed by atoms with Gasteiger partial charge in [0, 0.05) is 21.1 Å².